The van der Waals surface area contributed by atoms with E-state index in [1.54, 1.807) is 24.3 Å². The maximum absolute atomic E-state index is 12.8. The predicted molar refractivity (Wildman–Crippen MR) is 108 cm³/mol. The molecule has 0 amide bonds. The molecule has 0 saturated heterocycles. The SMILES string of the molecule is COc1ccc(C(=O)Oc2ccc(C)cc2-n2nc3ccccc3n2)cc1OC. The van der Waals surface area contributed by atoms with Crippen LogP contribution in [0.1, 0.15) is 15.9 Å². The highest BCUT2D eigenvalue weighted by Crippen LogP contribution is 2.29. The number of rotatable bonds is 5. The predicted octanol–water partition coefficient (Wildman–Crippen LogP) is 3.97. The Labute approximate surface area is 167 Å². The Hall–Kier alpha value is -3.87. The third-order valence-electron chi connectivity index (χ3n) is 4.44. The maximum atomic E-state index is 12.8. The van der Waals surface area contributed by atoms with Gasteiger partial charge in [0.25, 0.3) is 0 Å². The van der Waals surface area contributed by atoms with E-state index in [0.29, 0.717) is 28.5 Å². The minimum Gasteiger partial charge on any atom is -0.493 e. The molecule has 7 nitrogen and oxygen atoms in total. The second-order valence-electron chi connectivity index (χ2n) is 6.41. The van der Waals surface area contributed by atoms with Crippen molar-refractivity contribution in [1.29, 1.82) is 0 Å². The molecule has 0 fully saturated rings. The molecule has 0 aliphatic rings. The molecule has 0 unspecified atom stereocenters. The molecule has 7 heteroatoms. The lowest BCUT2D eigenvalue weighted by atomic mass is 10.2. The van der Waals surface area contributed by atoms with Gasteiger partial charge in [-0.05, 0) is 55.0 Å². The van der Waals surface area contributed by atoms with E-state index in [2.05, 4.69) is 10.2 Å². The minimum atomic E-state index is -0.521. The van der Waals surface area contributed by atoms with Gasteiger partial charge < -0.3 is 14.2 Å². The monoisotopic (exact) mass is 389 g/mol. The molecular weight excluding hydrogens is 370 g/mol. The maximum Gasteiger partial charge on any atom is 0.343 e. The van der Waals surface area contributed by atoms with Crippen LogP contribution in [0.2, 0.25) is 0 Å². The number of hydrogen-bond donors (Lipinski definition) is 0. The van der Waals surface area contributed by atoms with Gasteiger partial charge in [-0.15, -0.1) is 15.0 Å². The van der Waals surface area contributed by atoms with Crippen molar-refractivity contribution in [3.8, 4) is 22.9 Å². The van der Waals surface area contributed by atoms with Gasteiger partial charge in [-0.1, -0.05) is 18.2 Å². The van der Waals surface area contributed by atoms with Crippen LogP contribution in [0.25, 0.3) is 16.7 Å². The highest BCUT2D eigenvalue weighted by molar-refractivity contribution is 5.92. The first-order valence-corrected chi connectivity index (χ1v) is 8.96. The number of hydrogen-bond acceptors (Lipinski definition) is 6. The van der Waals surface area contributed by atoms with Crippen LogP contribution in [0.5, 0.6) is 17.2 Å². The largest absolute Gasteiger partial charge is 0.493 e. The van der Waals surface area contributed by atoms with Crippen LogP contribution < -0.4 is 14.2 Å². The molecule has 0 aliphatic heterocycles. The van der Waals surface area contributed by atoms with Crippen molar-refractivity contribution in [1.82, 2.24) is 15.0 Å². The van der Waals surface area contributed by atoms with Gasteiger partial charge in [0.15, 0.2) is 17.2 Å². The number of nitrogens with zero attached hydrogens (tertiary/aromatic N) is 3. The summed E-state index contributed by atoms with van der Waals surface area (Å²) in [7, 11) is 3.05. The number of ether oxygens (including phenoxy) is 3. The number of carbonyl (C=O) groups is 1. The third kappa shape index (κ3) is 3.62. The van der Waals surface area contributed by atoms with E-state index in [4.69, 9.17) is 14.2 Å². The van der Waals surface area contributed by atoms with Gasteiger partial charge in [0.1, 0.15) is 16.7 Å². The topological polar surface area (TPSA) is 75.5 Å². The van der Waals surface area contributed by atoms with Gasteiger partial charge in [-0.25, -0.2) is 4.79 Å². The molecule has 29 heavy (non-hydrogen) atoms. The van der Waals surface area contributed by atoms with E-state index >= 15 is 0 Å². The zero-order chi connectivity index (χ0) is 20.4. The van der Waals surface area contributed by atoms with Crippen molar-refractivity contribution in [3.63, 3.8) is 0 Å². The van der Waals surface area contributed by atoms with E-state index in [1.165, 1.54) is 19.0 Å². The molecular formula is C22H19N3O4. The number of methoxy groups -OCH3 is 2. The third-order valence-corrected chi connectivity index (χ3v) is 4.44. The molecule has 0 radical (unpaired) electrons. The lowest BCUT2D eigenvalue weighted by Crippen LogP contribution is -2.12. The highest BCUT2D eigenvalue weighted by atomic mass is 16.5. The van der Waals surface area contributed by atoms with Gasteiger partial charge in [0.2, 0.25) is 0 Å². The smallest absolute Gasteiger partial charge is 0.343 e. The molecule has 3 aromatic carbocycles. The first-order valence-electron chi connectivity index (χ1n) is 8.96. The fraction of sp³-hybridized carbons (Fsp3) is 0.136. The average Bonchev–Trinajstić information content (AvgIpc) is 3.18. The Morgan fingerprint density at radius 1 is 0.828 bits per heavy atom. The Bertz CT molecular complexity index is 1170. The second-order valence-corrected chi connectivity index (χ2v) is 6.41. The molecule has 0 N–H and O–H groups in total. The zero-order valence-electron chi connectivity index (χ0n) is 16.2. The molecule has 0 bridgehead atoms. The average molecular weight is 389 g/mol. The molecule has 0 spiro atoms. The number of esters is 1. The fourth-order valence-corrected chi connectivity index (χ4v) is 2.96. The lowest BCUT2D eigenvalue weighted by molar-refractivity contribution is 0.0733. The molecule has 146 valence electrons. The Balaban J connectivity index is 1.70. The summed E-state index contributed by atoms with van der Waals surface area (Å²) in [5.74, 6) is 0.821. The van der Waals surface area contributed by atoms with Crippen molar-refractivity contribution in [2.24, 2.45) is 0 Å². The van der Waals surface area contributed by atoms with E-state index in [-0.39, 0.29) is 0 Å². The number of fused-ring (bicyclic) bond motifs is 1. The number of aryl methyl sites for hydroxylation is 1. The van der Waals surface area contributed by atoms with Gasteiger partial charge in [0.05, 0.1) is 19.8 Å². The van der Waals surface area contributed by atoms with Crippen molar-refractivity contribution in [2.45, 2.75) is 6.92 Å². The van der Waals surface area contributed by atoms with Gasteiger partial charge in [-0.2, -0.15) is 0 Å². The Morgan fingerprint density at radius 3 is 2.14 bits per heavy atom. The van der Waals surface area contributed by atoms with Crippen molar-refractivity contribution >= 4 is 17.0 Å². The van der Waals surface area contributed by atoms with Crippen molar-refractivity contribution in [2.75, 3.05) is 14.2 Å². The first-order chi connectivity index (χ1) is 14.1. The van der Waals surface area contributed by atoms with Gasteiger partial charge in [-0.3, -0.25) is 0 Å². The van der Waals surface area contributed by atoms with Crippen LogP contribution in [-0.2, 0) is 0 Å². The van der Waals surface area contributed by atoms with Crippen LogP contribution in [0.4, 0.5) is 0 Å². The molecule has 1 heterocycles. The van der Waals surface area contributed by atoms with E-state index < -0.39 is 5.97 Å². The minimum absolute atomic E-state index is 0.341. The molecule has 1 aromatic heterocycles. The summed E-state index contributed by atoms with van der Waals surface area (Å²) in [6, 6.07) is 17.9. The van der Waals surface area contributed by atoms with E-state index in [9.17, 15) is 4.79 Å². The highest BCUT2D eigenvalue weighted by Gasteiger charge is 2.17. The van der Waals surface area contributed by atoms with Crippen LogP contribution in [0.3, 0.4) is 0 Å². The molecule has 0 aliphatic carbocycles. The van der Waals surface area contributed by atoms with Crippen molar-refractivity contribution < 1.29 is 19.0 Å². The first kappa shape index (κ1) is 18.5. The molecule has 4 aromatic rings. The quantitative estimate of drug-likeness (QED) is 0.380. The Morgan fingerprint density at radius 2 is 1.48 bits per heavy atom. The standard InChI is InChI=1S/C22H19N3O4/c1-14-8-10-19(18(12-14)25-23-16-6-4-5-7-17(16)24-25)29-22(26)15-9-11-20(27-2)21(13-15)28-3/h4-13H,1-3H3. The van der Waals surface area contributed by atoms with E-state index in [1.807, 2.05) is 43.3 Å². The summed E-state index contributed by atoms with van der Waals surface area (Å²) < 4.78 is 16.1. The number of aromatic nitrogens is 3. The van der Waals surface area contributed by atoms with E-state index in [0.717, 1.165) is 16.6 Å². The summed E-state index contributed by atoms with van der Waals surface area (Å²) in [6.07, 6.45) is 0. The summed E-state index contributed by atoms with van der Waals surface area (Å²) in [5, 5.41) is 8.99. The second kappa shape index (κ2) is 7.63. The van der Waals surface area contributed by atoms with Gasteiger partial charge >= 0.3 is 5.97 Å². The molecule has 0 saturated carbocycles. The van der Waals surface area contributed by atoms with Crippen LogP contribution >= 0.6 is 0 Å². The molecule has 0 atom stereocenters. The zero-order valence-corrected chi connectivity index (χ0v) is 16.2. The summed E-state index contributed by atoms with van der Waals surface area (Å²) >= 11 is 0. The summed E-state index contributed by atoms with van der Waals surface area (Å²) in [6.45, 7) is 1.95. The Kier molecular flexibility index (Phi) is 4.87. The van der Waals surface area contributed by atoms with Crippen LogP contribution in [-0.4, -0.2) is 35.2 Å². The van der Waals surface area contributed by atoms with Crippen LogP contribution in [0, 0.1) is 6.92 Å². The summed E-state index contributed by atoms with van der Waals surface area (Å²) in [4.78, 5) is 14.2. The summed E-state index contributed by atoms with van der Waals surface area (Å²) in [5.41, 5.74) is 3.42. The lowest BCUT2D eigenvalue weighted by Gasteiger charge is -2.12. The fourth-order valence-electron chi connectivity index (χ4n) is 2.96. The number of carbonyl (C=O) groups excluding carboxylic acids is 1. The van der Waals surface area contributed by atoms with Crippen LogP contribution in [0.15, 0.2) is 60.7 Å². The van der Waals surface area contributed by atoms with Crippen molar-refractivity contribution in [3.05, 3.63) is 71.8 Å². The molecule has 4 rings (SSSR count). The van der Waals surface area contributed by atoms with Gasteiger partial charge in [0, 0.05) is 0 Å². The normalized spacial score (nSPS) is 10.7. The number of benzene rings is 3.